The Balaban J connectivity index is 1.41. The first-order chi connectivity index (χ1) is 14.2. The first-order valence-corrected chi connectivity index (χ1v) is 9.82. The third kappa shape index (κ3) is 5.84. The SMILES string of the molecule is CN=C(NCCNc1ccccc1[N+](=O)[O-])N1CCC(Oc2ccccc2)CC1. The van der Waals surface area contributed by atoms with Crippen molar-refractivity contribution in [2.45, 2.75) is 18.9 Å². The van der Waals surface area contributed by atoms with Crippen LogP contribution in [0.2, 0.25) is 0 Å². The highest BCUT2D eigenvalue weighted by atomic mass is 16.6. The summed E-state index contributed by atoms with van der Waals surface area (Å²) in [4.78, 5) is 17.3. The second-order valence-corrected chi connectivity index (χ2v) is 6.79. The lowest BCUT2D eigenvalue weighted by molar-refractivity contribution is -0.384. The molecule has 1 heterocycles. The summed E-state index contributed by atoms with van der Waals surface area (Å²) in [6.07, 6.45) is 2.08. The molecule has 3 rings (SSSR count). The van der Waals surface area contributed by atoms with E-state index in [4.69, 9.17) is 4.74 Å². The van der Waals surface area contributed by atoms with Gasteiger partial charge in [0.15, 0.2) is 5.96 Å². The molecule has 0 saturated carbocycles. The minimum absolute atomic E-state index is 0.0809. The maximum atomic E-state index is 11.1. The predicted octanol–water partition coefficient (Wildman–Crippen LogP) is 3.13. The molecule has 0 unspecified atom stereocenters. The third-order valence-electron chi connectivity index (χ3n) is 4.82. The van der Waals surface area contributed by atoms with Gasteiger partial charge < -0.3 is 20.3 Å². The Morgan fingerprint density at radius 2 is 1.83 bits per heavy atom. The zero-order valence-electron chi connectivity index (χ0n) is 16.6. The minimum Gasteiger partial charge on any atom is -0.490 e. The van der Waals surface area contributed by atoms with Gasteiger partial charge in [0.25, 0.3) is 5.69 Å². The molecule has 2 aromatic carbocycles. The van der Waals surface area contributed by atoms with Crippen molar-refractivity contribution >= 4 is 17.3 Å². The van der Waals surface area contributed by atoms with Crippen molar-refractivity contribution in [2.24, 2.45) is 4.99 Å². The molecule has 8 nitrogen and oxygen atoms in total. The van der Waals surface area contributed by atoms with E-state index in [0.717, 1.165) is 37.6 Å². The van der Waals surface area contributed by atoms with E-state index in [0.29, 0.717) is 18.8 Å². The molecule has 0 aromatic heterocycles. The molecule has 2 N–H and O–H groups in total. The molecule has 0 spiro atoms. The normalized spacial score (nSPS) is 15.1. The van der Waals surface area contributed by atoms with Gasteiger partial charge in [-0.2, -0.15) is 0 Å². The Bertz CT molecular complexity index is 820. The number of ether oxygens (including phenoxy) is 1. The fraction of sp³-hybridized carbons (Fsp3) is 0.381. The molecule has 1 aliphatic heterocycles. The minimum atomic E-state index is -0.379. The second kappa shape index (κ2) is 10.3. The first kappa shape index (κ1) is 20.4. The lowest BCUT2D eigenvalue weighted by Gasteiger charge is -2.34. The maximum absolute atomic E-state index is 11.1. The Kier molecular flexibility index (Phi) is 7.27. The van der Waals surface area contributed by atoms with E-state index < -0.39 is 0 Å². The molecule has 8 heteroatoms. The molecule has 0 amide bonds. The van der Waals surface area contributed by atoms with Crippen LogP contribution in [0.4, 0.5) is 11.4 Å². The quantitative estimate of drug-likeness (QED) is 0.245. The highest BCUT2D eigenvalue weighted by Crippen LogP contribution is 2.22. The number of nitrogens with one attached hydrogen (secondary N) is 2. The second-order valence-electron chi connectivity index (χ2n) is 6.79. The van der Waals surface area contributed by atoms with Crippen LogP contribution in [0, 0.1) is 10.1 Å². The topological polar surface area (TPSA) is 92.0 Å². The van der Waals surface area contributed by atoms with Gasteiger partial charge in [0.05, 0.1) is 4.92 Å². The molecule has 29 heavy (non-hydrogen) atoms. The van der Waals surface area contributed by atoms with Gasteiger partial charge in [0.1, 0.15) is 17.5 Å². The van der Waals surface area contributed by atoms with Gasteiger partial charge in [0.2, 0.25) is 0 Å². The van der Waals surface area contributed by atoms with Crippen LogP contribution < -0.4 is 15.4 Å². The highest BCUT2D eigenvalue weighted by Gasteiger charge is 2.22. The molecule has 1 saturated heterocycles. The van der Waals surface area contributed by atoms with Crippen molar-refractivity contribution < 1.29 is 9.66 Å². The van der Waals surface area contributed by atoms with Gasteiger partial charge in [-0.15, -0.1) is 0 Å². The number of nitrogens with zero attached hydrogens (tertiary/aromatic N) is 3. The van der Waals surface area contributed by atoms with Crippen molar-refractivity contribution in [1.82, 2.24) is 10.2 Å². The van der Waals surface area contributed by atoms with Crippen LogP contribution in [0.15, 0.2) is 59.6 Å². The Morgan fingerprint density at radius 1 is 1.14 bits per heavy atom. The zero-order valence-corrected chi connectivity index (χ0v) is 16.6. The number of nitro benzene ring substituents is 1. The summed E-state index contributed by atoms with van der Waals surface area (Å²) in [7, 11) is 1.77. The van der Waals surface area contributed by atoms with Crippen molar-refractivity contribution in [3.63, 3.8) is 0 Å². The largest absolute Gasteiger partial charge is 0.490 e. The lowest BCUT2D eigenvalue weighted by atomic mass is 10.1. The van der Waals surface area contributed by atoms with Crippen molar-refractivity contribution in [2.75, 3.05) is 38.5 Å². The predicted molar refractivity (Wildman–Crippen MR) is 115 cm³/mol. The molecular weight excluding hydrogens is 370 g/mol. The summed E-state index contributed by atoms with van der Waals surface area (Å²) in [6.45, 7) is 2.90. The van der Waals surface area contributed by atoms with E-state index in [2.05, 4.69) is 20.5 Å². The van der Waals surface area contributed by atoms with Gasteiger partial charge in [-0.3, -0.25) is 15.1 Å². The van der Waals surface area contributed by atoms with Crippen LogP contribution in [0.1, 0.15) is 12.8 Å². The van der Waals surface area contributed by atoms with Crippen LogP contribution in [-0.4, -0.2) is 55.1 Å². The number of guanidine groups is 1. The summed E-state index contributed by atoms with van der Waals surface area (Å²) in [5.41, 5.74) is 0.602. The molecule has 1 aliphatic rings. The number of para-hydroxylation sites is 3. The number of likely N-dealkylation sites (tertiary alicyclic amines) is 1. The summed E-state index contributed by atoms with van der Waals surface area (Å²) in [5.74, 6) is 1.75. The van der Waals surface area contributed by atoms with Gasteiger partial charge in [-0.05, 0) is 18.2 Å². The zero-order chi connectivity index (χ0) is 20.5. The number of aliphatic imine (C=N–C) groups is 1. The van der Waals surface area contributed by atoms with Crippen LogP contribution in [0.25, 0.3) is 0 Å². The monoisotopic (exact) mass is 397 g/mol. The van der Waals surface area contributed by atoms with Crippen LogP contribution in [0.5, 0.6) is 5.75 Å². The lowest BCUT2D eigenvalue weighted by Crippen LogP contribution is -2.48. The van der Waals surface area contributed by atoms with E-state index in [1.165, 1.54) is 6.07 Å². The van der Waals surface area contributed by atoms with Crippen LogP contribution >= 0.6 is 0 Å². The van der Waals surface area contributed by atoms with Gasteiger partial charge in [0, 0.05) is 52.1 Å². The van der Waals surface area contributed by atoms with E-state index in [1.807, 2.05) is 30.3 Å². The smallest absolute Gasteiger partial charge is 0.292 e. The Morgan fingerprint density at radius 3 is 2.52 bits per heavy atom. The molecule has 2 aromatic rings. The van der Waals surface area contributed by atoms with Gasteiger partial charge in [-0.25, -0.2) is 0 Å². The number of piperidine rings is 1. The molecule has 0 atom stereocenters. The fourth-order valence-corrected chi connectivity index (χ4v) is 3.36. The number of hydrogen-bond donors (Lipinski definition) is 2. The number of nitro groups is 1. The first-order valence-electron chi connectivity index (χ1n) is 9.82. The summed E-state index contributed by atoms with van der Waals surface area (Å²) in [6, 6.07) is 16.6. The average molecular weight is 397 g/mol. The number of hydrogen-bond acceptors (Lipinski definition) is 5. The average Bonchev–Trinajstić information content (AvgIpc) is 2.75. The molecule has 0 radical (unpaired) electrons. The van der Waals surface area contributed by atoms with E-state index in [1.54, 1.807) is 25.2 Å². The van der Waals surface area contributed by atoms with E-state index >= 15 is 0 Å². The third-order valence-corrected chi connectivity index (χ3v) is 4.82. The summed E-state index contributed by atoms with van der Waals surface area (Å²) < 4.78 is 6.04. The van der Waals surface area contributed by atoms with Gasteiger partial charge >= 0.3 is 0 Å². The summed E-state index contributed by atoms with van der Waals surface area (Å²) >= 11 is 0. The number of anilines is 1. The molecule has 1 fully saturated rings. The van der Waals surface area contributed by atoms with Crippen molar-refractivity contribution in [3.8, 4) is 5.75 Å². The standard InChI is InChI=1S/C21H27N5O3/c1-22-21(24-14-13-23-19-9-5-6-10-20(19)26(27)28)25-15-11-18(12-16-25)29-17-7-3-2-4-8-17/h2-10,18,23H,11-16H2,1H3,(H,22,24). The number of rotatable bonds is 7. The van der Waals surface area contributed by atoms with E-state index in [-0.39, 0.29) is 16.7 Å². The molecule has 0 bridgehead atoms. The fourth-order valence-electron chi connectivity index (χ4n) is 3.36. The van der Waals surface area contributed by atoms with Crippen LogP contribution in [0.3, 0.4) is 0 Å². The highest BCUT2D eigenvalue weighted by molar-refractivity contribution is 5.80. The van der Waals surface area contributed by atoms with Crippen molar-refractivity contribution in [3.05, 3.63) is 64.7 Å². The van der Waals surface area contributed by atoms with Gasteiger partial charge in [-0.1, -0.05) is 30.3 Å². The van der Waals surface area contributed by atoms with Crippen LogP contribution in [-0.2, 0) is 0 Å². The summed E-state index contributed by atoms with van der Waals surface area (Å²) in [5, 5.41) is 17.5. The van der Waals surface area contributed by atoms with E-state index in [9.17, 15) is 10.1 Å². The maximum Gasteiger partial charge on any atom is 0.292 e. The number of benzene rings is 2. The Labute approximate surface area is 170 Å². The Hall–Kier alpha value is -3.29. The molecule has 0 aliphatic carbocycles. The molecular formula is C21H27N5O3. The molecule has 154 valence electrons. The van der Waals surface area contributed by atoms with Crippen molar-refractivity contribution in [1.29, 1.82) is 0 Å².